The summed E-state index contributed by atoms with van der Waals surface area (Å²) in [5.74, 6) is 6.06. The van der Waals surface area contributed by atoms with Crippen LogP contribution in [0.4, 0.5) is 0 Å². The summed E-state index contributed by atoms with van der Waals surface area (Å²) in [5.41, 5.74) is 0. The third kappa shape index (κ3) is 1.18. The molecule has 1 rings (SSSR count). The molecular formula is C5H12N2O. The van der Waals surface area contributed by atoms with Crippen molar-refractivity contribution in [2.24, 2.45) is 11.8 Å². The summed E-state index contributed by atoms with van der Waals surface area (Å²) in [5, 5.41) is 1.80. The van der Waals surface area contributed by atoms with E-state index in [1.165, 1.54) is 0 Å². The summed E-state index contributed by atoms with van der Waals surface area (Å²) in [4.78, 5) is 0. The van der Waals surface area contributed by atoms with Crippen LogP contribution >= 0.6 is 0 Å². The highest BCUT2D eigenvalue weighted by molar-refractivity contribution is 4.74. The number of methoxy groups -OCH3 is 1. The van der Waals surface area contributed by atoms with E-state index in [1.54, 1.807) is 12.1 Å². The first-order valence-corrected chi connectivity index (χ1v) is 2.81. The number of nitrogens with two attached hydrogens (primary N) is 1. The predicted molar refractivity (Wildman–Crippen MR) is 31.1 cm³/mol. The van der Waals surface area contributed by atoms with Crippen LogP contribution in [0.15, 0.2) is 0 Å². The predicted octanol–water partition coefficient (Wildman–Crippen LogP) is -0.562. The Kier molecular flexibility index (Phi) is 1.83. The van der Waals surface area contributed by atoms with Crippen LogP contribution in [0.1, 0.15) is 0 Å². The van der Waals surface area contributed by atoms with Crippen molar-refractivity contribution in [3.05, 3.63) is 0 Å². The van der Waals surface area contributed by atoms with Crippen molar-refractivity contribution >= 4 is 0 Å². The highest BCUT2D eigenvalue weighted by atomic mass is 16.5. The average molecular weight is 116 g/mol. The fourth-order valence-electron chi connectivity index (χ4n) is 0.951. The van der Waals surface area contributed by atoms with Gasteiger partial charge in [-0.05, 0) is 0 Å². The molecule has 1 fully saturated rings. The second kappa shape index (κ2) is 2.44. The van der Waals surface area contributed by atoms with Gasteiger partial charge < -0.3 is 4.74 Å². The van der Waals surface area contributed by atoms with Gasteiger partial charge in [-0.25, -0.2) is 5.01 Å². The summed E-state index contributed by atoms with van der Waals surface area (Å²) >= 11 is 0. The molecular weight excluding hydrogens is 104 g/mol. The minimum Gasteiger partial charge on any atom is -0.384 e. The zero-order valence-corrected chi connectivity index (χ0v) is 5.13. The molecule has 1 aliphatic heterocycles. The molecule has 0 spiro atoms. The van der Waals surface area contributed by atoms with Crippen molar-refractivity contribution in [1.82, 2.24) is 5.01 Å². The van der Waals surface area contributed by atoms with Crippen molar-refractivity contribution in [1.29, 1.82) is 0 Å². The Labute approximate surface area is 49.4 Å². The van der Waals surface area contributed by atoms with Crippen LogP contribution in [0.25, 0.3) is 0 Å². The van der Waals surface area contributed by atoms with Crippen LogP contribution in [0.3, 0.4) is 0 Å². The van der Waals surface area contributed by atoms with E-state index in [2.05, 4.69) is 0 Å². The van der Waals surface area contributed by atoms with Crippen LogP contribution in [-0.4, -0.2) is 31.8 Å². The van der Waals surface area contributed by atoms with Gasteiger partial charge in [0.2, 0.25) is 0 Å². The molecule has 2 N–H and O–H groups in total. The van der Waals surface area contributed by atoms with E-state index < -0.39 is 0 Å². The van der Waals surface area contributed by atoms with Crippen LogP contribution < -0.4 is 5.84 Å². The number of hydrazine groups is 1. The topological polar surface area (TPSA) is 38.5 Å². The zero-order chi connectivity index (χ0) is 5.98. The summed E-state index contributed by atoms with van der Waals surface area (Å²) in [6.45, 7) is 2.84. The lowest BCUT2D eigenvalue weighted by molar-refractivity contribution is 0.0343. The normalized spacial score (nSPS) is 23.2. The molecule has 0 aromatic heterocycles. The van der Waals surface area contributed by atoms with Crippen molar-refractivity contribution < 1.29 is 4.74 Å². The summed E-state index contributed by atoms with van der Waals surface area (Å²) in [7, 11) is 1.72. The van der Waals surface area contributed by atoms with Crippen molar-refractivity contribution in [3.8, 4) is 0 Å². The molecule has 0 bridgehead atoms. The van der Waals surface area contributed by atoms with E-state index in [-0.39, 0.29) is 0 Å². The molecule has 1 aliphatic rings. The minimum absolute atomic E-state index is 0.685. The van der Waals surface area contributed by atoms with Crippen LogP contribution in [0, 0.1) is 5.92 Å². The van der Waals surface area contributed by atoms with Gasteiger partial charge in [-0.15, -0.1) is 0 Å². The maximum Gasteiger partial charge on any atom is 0.0516 e. The first kappa shape index (κ1) is 6.01. The zero-order valence-electron chi connectivity index (χ0n) is 5.13. The molecule has 0 saturated carbocycles. The monoisotopic (exact) mass is 116 g/mol. The Morgan fingerprint density at radius 1 is 1.75 bits per heavy atom. The molecule has 3 heteroatoms. The van der Waals surface area contributed by atoms with Crippen LogP contribution in [0.2, 0.25) is 0 Å². The molecule has 0 aromatic carbocycles. The third-order valence-corrected chi connectivity index (χ3v) is 1.39. The molecule has 0 aliphatic carbocycles. The Morgan fingerprint density at radius 2 is 2.38 bits per heavy atom. The van der Waals surface area contributed by atoms with Crippen molar-refractivity contribution in [3.63, 3.8) is 0 Å². The van der Waals surface area contributed by atoms with E-state index in [0.29, 0.717) is 5.92 Å². The first-order chi connectivity index (χ1) is 3.83. The molecule has 48 valence electrons. The fourth-order valence-corrected chi connectivity index (χ4v) is 0.951. The molecule has 1 saturated heterocycles. The van der Waals surface area contributed by atoms with E-state index in [4.69, 9.17) is 10.6 Å². The lowest BCUT2D eigenvalue weighted by atomic mass is 10.0. The van der Waals surface area contributed by atoms with Gasteiger partial charge in [0.1, 0.15) is 0 Å². The maximum absolute atomic E-state index is 5.38. The van der Waals surface area contributed by atoms with Gasteiger partial charge in [-0.3, -0.25) is 5.84 Å². The average Bonchev–Trinajstić information content (AvgIpc) is 1.64. The standard InChI is InChI=1S/C5H12N2O/c1-8-4-5-2-7(6)3-5/h5H,2-4,6H2,1H3. The number of nitrogens with zero attached hydrogens (tertiary/aromatic N) is 1. The number of hydrogen-bond donors (Lipinski definition) is 1. The molecule has 0 unspecified atom stereocenters. The molecule has 1 heterocycles. The Balaban J connectivity index is 1.98. The summed E-state index contributed by atoms with van der Waals surface area (Å²) in [6.07, 6.45) is 0. The van der Waals surface area contributed by atoms with Gasteiger partial charge in [-0.2, -0.15) is 0 Å². The van der Waals surface area contributed by atoms with Gasteiger partial charge in [0.25, 0.3) is 0 Å². The molecule has 0 radical (unpaired) electrons. The van der Waals surface area contributed by atoms with E-state index in [0.717, 1.165) is 19.7 Å². The SMILES string of the molecule is COCC1CN(N)C1. The molecule has 3 nitrogen and oxygen atoms in total. The Bertz CT molecular complexity index is 68.1. The number of rotatable bonds is 2. The minimum atomic E-state index is 0.685. The van der Waals surface area contributed by atoms with E-state index in [1.807, 2.05) is 0 Å². The Hall–Kier alpha value is -0.120. The highest BCUT2D eigenvalue weighted by Gasteiger charge is 2.22. The van der Waals surface area contributed by atoms with Crippen molar-refractivity contribution in [2.45, 2.75) is 0 Å². The van der Waals surface area contributed by atoms with E-state index in [9.17, 15) is 0 Å². The molecule has 8 heavy (non-hydrogen) atoms. The fraction of sp³-hybridized carbons (Fsp3) is 1.00. The number of hydrogen-bond acceptors (Lipinski definition) is 3. The third-order valence-electron chi connectivity index (χ3n) is 1.39. The maximum atomic E-state index is 5.38. The van der Waals surface area contributed by atoms with Gasteiger partial charge in [0, 0.05) is 26.1 Å². The smallest absolute Gasteiger partial charge is 0.0516 e. The van der Waals surface area contributed by atoms with E-state index >= 15 is 0 Å². The van der Waals surface area contributed by atoms with Crippen molar-refractivity contribution in [2.75, 3.05) is 26.8 Å². The quantitative estimate of drug-likeness (QED) is 0.491. The second-order valence-corrected chi connectivity index (χ2v) is 2.28. The molecule has 0 aromatic rings. The number of ether oxygens (including phenoxy) is 1. The molecule has 0 atom stereocenters. The van der Waals surface area contributed by atoms with Gasteiger partial charge in [0.15, 0.2) is 0 Å². The van der Waals surface area contributed by atoms with Crippen LogP contribution in [-0.2, 0) is 4.74 Å². The second-order valence-electron chi connectivity index (χ2n) is 2.28. The first-order valence-electron chi connectivity index (χ1n) is 2.81. The largest absolute Gasteiger partial charge is 0.384 e. The Morgan fingerprint density at radius 3 is 2.75 bits per heavy atom. The van der Waals surface area contributed by atoms with Gasteiger partial charge in [-0.1, -0.05) is 0 Å². The summed E-state index contributed by atoms with van der Waals surface area (Å²) < 4.78 is 4.91. The summed E-state index contributed by atoms with van der Waals surface area (Å²) in [6, 6.07) is 0. The van der Waals surface area contributed by atoms with Gasteiger partial charge >= 0.3 is 0 Å². The van der Waals surface area contributed by atoms with Gasteiger partial charge in [0.05, 0.1) is 6.61 Å². The van der Waals surface area contributed by atoms with Crippen LogP contribution in [0.5, 0.6) is 0 Å². The lowest BCUT2D eigenvalue weighted by Crippen LogP contribution is -2.52. The highest BCUT2D eigenvalue weighted by Crippen LogP contribution is 2.09. The lowest BCUT2D eigenvalue weighted by Gasteiger charge is -2.34. The molecule has 0 amide bonds.